The highest BCUT2D eigenvalue weighted by Gasteiger charge is 2.35. The predicted octanol–water partition coefficient (Wildman–Crippen LogP) is 4.68. The number of carboxylic acids is 2. The third-order valence-corrected chi connectivity index (χ3v) is 7.28. The summed E-state index contributed by atoms with van der Waals surface area (Å²) in [4.78, 5) is 34.0. The van der Waals surface area contributed by atoms with E-state index in [4.69, 9.17) is 24.4 Å². The Labute approximate surface area is 248 Å². The number of aliphatic carboxylic acids is 2. The van der Waals surface area contributed by atoms with Crippen LogP contribution in [0.2, 0.25) is 0 Å². The van der Waals surface area contributed by atoms with Gasteiger partial charge in [-0.3, -0.25) is 0 Å². The van der Waals surface area contributed by atoms with Gasteiger partial charge in [-0.05, 0) is 81.8 Å². The van der Waals surface area contributed by atoms with Crippen molar-refractivity contribution in [3.8, 4) is 11.5 Å². The average Bonchev–Trinajstić information content (AvgIpc) is 2.91. The van der Waals surface area contributed by atoms with E-state index in [9.17, 15) is 14.4 Å². The standard InChI is InChI=1S/C32H44N2O8/c1-32(2,3)42-31(39)33-26-9-6-20-34(21-26,18-4-7-24-10-14-27(15-11-24)40-22-29(35)36)19-5-8-25-12-16-28(17-13-25)41-23-30(37)38/h10-17,26H,4-9,18-23H2,1-3H3,(H2-,33,35,36,37,38,39)/p+1. The number of hydrogen-bond donors (Lipinski definition) is 3. The Morgan fingerprint density at radius 2 is 1.31 bits per heavy atom. The summed E-state index contributed by atoms with van der Waals surface area (Å²) >= 11 is 0. The number of rotatable bonds is 15. The van der Waals surface area contributed by atoms with E-state index < -0.39 is 17.5 Å². The van der Waals surface area contributed by atoms with Gasteiger partial charge >= 0.3 is 18.0 Å². The van der Waals surface area contributed by atoms with E-state index in [2.05, 4.69) is 5.32 Å². The second-order valence-electron chi connectivity index (χ2n) is 12.0. The van der Waals surface area contributed by atoms with Crippen molar-refractivity contribution in [1.82, 2.24) is 5.32 Å². The number of likely N-dealkylation sites (tertiary alicyclic amines) is 1. The van der Waals surface area contributed by atoms with E-state index in [-0.39, 0.29) is 25.3 Å². The molecule has 3 rings (SSSR count). The van der Waals surface area contributed by atoms with Crippen LogP contribution < -0.4 is 14.8 Å². The zero-order valence-corrected chi connectivity index (χ0v) is 25.0. The Morgan fingerprint density at radius 1 is 0.833 bits per heavy atom. The molecule has 1 fully saturated rings. The van der Waals surface area contributed by atoms with Gasteiger partial charge in [-0.2, -0.15) is 0 Å². The highest BCUT2D eigenvalue weighted by Crippen LogP contribution is 2.24. The first-order chi connectivity index (χ1) is 19.9. The Hall–Kier alpha value is -3.79. The van der Waals surface area contributed by atoms with Crippen molar-refractivity contribution >= 4 is 18.0 Å². The fraction of sp³-hybridized carbons (Fsp3) is 0.531. The first-order valence-electron chi connectivity index (χ1n) is 14.6. The van der Waals surface area contributed by atoms with E-state index in [1.807, 2.05) is 69.3 Å². The largest absolute Gasteiger partial charge is 0.482 e. The molecule has 2 aromatic carbocycles. The van der Waals surface area contributed by atoms with Crippen molar-refractivity contribution in [3.05, 3.63) is 59.7 Å². The molecule has 0 aliphatic carbocycles. The normalized spacial score (nSPS) is 16.3. The fourth-order valence-corrected chi connectivity index (χ4v) is 5.47. The van der Waals surface area contributed by atoms with Crippen LogP contribution in [0.4, 0.5) is 4.79 Å². The fourth-order valence-electron chi connectivity index (χ4n) is 5.47. The average molecular weight is 586 g/mol. The number of aryl methyl sites for hydroxylation is 2. The van der Waals surface area contributed by atoms with E-state index in [1.54, 1.807) is 0 Å². The summed E-state index contributed by atoms with van der Waals surface area (Å²) in [5.74, 6) is -0.928. The third kappa shape index (κ3) is 12.0. The SMILES string of the molecule is CC(C)(C)OC(=O)NC1CCC[N+](CCCc2ccc(OCC(=O)O)cc2)(CCCc2ccc(OCC(=O)O)cc2)C1. The van der Waals surface area contributed by atoms with Gasteiger partial charge in [0.2, 0.25) is 0 Å². The number of alkyl carbamates (subject to hydrolysis) is 1. The lowest BCUT2D eigenvalue weighted by Crippen LogP contribution is -2.60. The molecule has 0 aromatic heterocycles. The minimum atomic E-state index is -1.00. The highest BCUT2D eigenvalue weighted by atomic mass is 16.6. The lowest BCUT2D eigenvalue weighted by Gasteiger charge is -2.45. The number of benzene rings is 2. The van der Waals surface area contributed by atoms with Crippen LogP contribution in [0, 0.1) is 0 Å². The van der Waals surface area contributed by atoms with Crippen molar-refractivity contribution in [2.24, 2.45) is 0 Å². The quantitative estimate of drug-likeness (QED) is 0.257. The van der Waals surface area contributed by atoms with Crippen molar-refractivity contribution in [1.29, 1.82) is 0 Å². The first kappa shape index (κ1) is 32.7. The molecule has 1 heterocycles. The molecule has 1 saturated heterocycles. The molecule has 10 nitrogen and oxygen atoms in total. The van der Waals surface area contributed by atoms with E-state index in [0.29, 0.717) is 11.5 Å². The zero-order valence-electron chi connectivity index (χ0n) is 25.0. The molecule has 2 aromatic rings. The first-order valence-corrected chi connectivity index (χ1v) is 14.6. The summed E-state index contributed by atoms with van der Waals surface area (Å²) in [7, 11) is 0. The van der Waals surface area contributed by atoms with Gasteiger partial charge in [0.25, 0.3) is 0 Å². The highest BCUT2D eigenvalue weighted by molar-refractivity contribution is 5.69. The van der Waals surface area contributed by atoms with Gasteiger partial charge in [-0.15, -0.1) is 0 Å². The number of piperidine rings is 1. The summed E-state index contributed by atoms with van der Waals surface area (Å²) in [6, 6.07) is 15.2. The van der Waals surface area contributed by atoms with Gasteiger partial charge in [0.1, 0.15) is 17.1 Å². The van der Waals surface area contributed by atoms with Crippen molar-refractivity contribution in [2.75, 3.05) is 39.4 Å². The van der Waals surface area contributed by atoms with Gasteiger partial charge in [0.05, 0.1) is 32.2 Å². The molecule has 1 aliphatic heterocycles. The van der Waals surface area contributed by atoms with E-state index in [1.165, 1.54) is 11.1 Å². The second kappa shape index (κ2) is 15.4. The predicted molar refractivity (Wildman–Crippen MR) is 158 cm³/mol. The minimum absolute atomic E-state index is 0.0462. The molecule has 0 bridgehead atoms. The second-order valence-corrected chi connectivity index (χ2v) is 12.0. The van der Waals surface area contributed by atoms with Gasteiger partial charge < -0.3 is 34.2 Å². The minimum Gasteiger partial charge on any atom is -0.482 e. The van der Waals surface area contributed by atoms with Gasteiger partial charge in [0.15, 0.2) is 13.2 Å². The van der Waals surface area contributed by atoms with Gasteiger partial charge in [-0.25, -0.2) is 14.4 Å². The van der Waals surface area contributed by atoms with Crippen molar-refractivity contribution < 1.29 is 43.3 Å². The Kier molecular flexibility index (Phi) is 12.0. The lowest BCUT2D eigenvalue weighted by molar-refractivity contribution is -0.933. The van der Waals surface area contributed by atoms with Crippen molar-refractivity contribution in [2.45, 2.75) is 70.9 Å². The molecule has 0 spiro atoms. The lowest BCUT2D eigenvalue weighted by atomic mass is 9.99. The molecule has 1 amide bonds. The number of carboxylic acid groups (broad SMARTS) is 2. The Bertz CT molecular complexity index is 1090. The van der Waals surface area contributed by atoms with Gasteiger partial charge in [0, 0.05) is 12.8 Å². The monoisotopic (exact) mass is 585 g/mol. The molecular weight excluding hydrogens is 540 g/mol. The molecule has 230 valence electrons. The van der Waals surface area contributed by atoms with Crippen LogP contribution in [-0.2, 0) is 27.2 Å². The van der Waals surface area contributed by atoms with Crippen LogP contribution in [0.15, 0.2) is 48.5 Å². The smallest absolute Gasteiger partial charge is 0.408 e. The molecule has 0 saturated carbocycles. The number of nitrogens with one attached hydrogen (secondary N) is 1. The van der Waals surface area contributed by atoms with Crippen LogP contribution in [0.1, 0.15) is 57.6 Å². The topological polar surface area (TPSA) is 131 Å². The molecule has 0 radical (unpaired) electrons. The number of nitrogens with zero attached hydrogens (tertiary/aromatic N) is 1. The number of quaternary nitrogens is 1. The van der Waals surface area contributed by atoms with Crippen LogP contribution >= 0.6 is 0 Å². The summed E-state index contributed by atoms with van der Waals surface area (Å²) in [6.07, 6.45) is 5.31. The van der Waals surface area contributed by atoms with Crippen LogP contribution in [-0.4, -0.2) is 83.8 Å². The van der Waals surface area contributed by atoms with Crippen LogP contribution in [0.25, 0.3) is 0 Å². The summed E-state index contributed by atoms with van der Waals surface area (Å²) in [5, 5.41) is 20.7. The Balaban J connectivity index is 1.60. The Morgan fingerprint density at radius 3 is 1.74 bits per heavy atom. The van der Waals surface area contributed by atoms with Crippen LogP contribution in [0.5, 0.6) is 11.5 Å². The molecule has 1 unspecified atom stereocenters. The number of amides is 1. The third-order valence-electron chi connectivity index (χ3n) is 7.28. The molecule has 3 N–H and O–H groups in total. The molecule has 1 aliphatic rings. The summed E-state index contributed by atoms with van der Waals surface area (Å²) < 4.78 is 16.9. The van der Waals surface area contributed by atoms with Crippen LogP contribution in [0.3, 0.4) is 0 Å². The number of carbonyl (C=O) groups excluding carboxylic acids is 1. The zero-order chi connectivity index (χ0) is 30.6. The molecule has 1 atom stereocenters. The van der Waals surface area contributed by atoms with E-state index >= 15 is 0 Å². The van der Waals surface area contributed by atoms with Gasteiger partial charge in [-0.1, -0.05) is 24.3 Å². The maximum atomic E-state index is 12.5. The molecule has 10 heteroatoms. The number of hydrogen-bond acceptors (Lipinski definition) is 6. The summed E-state index contributed by atoms with van der Waals surface area (Å²) in [6.45, 7) is 8.73. The maximum absolute atomic E-state index is 12.5. The number of carbonyl (C=O) groups is 3. The van der Waals surface area contributed by atoms with E-state index in [0.717, 1.165) is 69.2 Å². The van der Waals surface area contributed by atoms with Crippen molar-refractivity contribution in [3.63, 3.8) is 0 Å². The summed E-state index contributed by atoms with van der Waals surface area (Å²) in [5.41, 5.74) is 1.79. The molecular formula is C32H45N2O8+. The maximum Gasteiger partial charge on any atom is 0.408 e. The molecule has 42 heavy (non-hydrogen) atoms. The number of ether oxygens (including phenoxy) is 3.